The molecule has 144 valence electrons. The second kappa shape index (κ2) is 7.65. The molecule has 27 heavy (non-hydrogen) atoms. The topological polar surface area (TPSA) is 72.5 Å². The second-order valence-corrected chi connectivity index (χ2v) is 5.85. The molecule has 0 aliphatic carbocycles. The third-order valence-corrected chi connectivity index (χ3v) is 4.57. The molecule has 0 fully saturated rings. The first-order valence-corrected chi connectivity index (χ1v) is 8.31. The molecule has 1 aliphatic rings. The summed E-state index contributed by atoms with van der Waals surface area (Å²) in [7, 11) is 7.63. The van der Waals surface area contributed by atoms with Crippen molar-refractivity contribution >= 4 is 5.78 Å². The minimum absolute atomic E-state index is 0.124. The van der Waals surface area contributed by atoms with Gasteiger partial charge in [-0.05, 0) is 6.07 Å². The van der Waals surface area contributed by atoms with Crippen molar-refractivity contribution in [2.45, 2.75) is 5.92 Å². The van der Waals surface area contributed by atoms with Crippen LogP contribution in [0.2, 0.25) is 0 Å². The monoisotopic (exact) mass is 374 g/mol. The SMILES string of the molecule is COc1cc(OC)c2c(c1)OCC(c1ccc(OC)c(OC)c1OC)C2=O. The molecule has 0 aromatic heterocycles. The molecule has 1 unspecified atom stereocenters. The van der Waals surface area contributed by atoms with Crippen molar-refractivity contribution in [1.82, 2.24) is 0 Å². The molecule has 1 atom stereocenters. The zero-order chi connectivity index (χ0) is 19.6. The number of Topliss-reactive ketones (excluding diaryl/α,β-unsaturated/α-hetero) is 1. The maximum Gasteiger partial charge on any atom is 0.203 e. The Balaban J connectivity index is 2.11. The minimum atomic E-state index is -0.574. The Morgan fingerprint density at radius 2 is 1.56 bits per heavy atom. The number of hydrogen-bond acceptors (Lipinski definition) is 7. The molecule has 0 N–H and O–H groups in total. The summed E-state index contributed by atoms with van der Waals surface area (Å²) < 4.78 is 32.8. The van der Waals surface area contributed by atoms with E-state index in [2.05, 4.69) is 0 Å². The van der Waals surface area contributed by atoms with Crippen molar-refractivity contribution in [3.05, 3.63) is 35.4 Å². The maximum atomic E-state index is 13.3. The van der Waals surface area contributed by atoms with Gasteiger partial charge in [0.1, 0.15) is 29.4 Å². The van der Waals surface area contributed by atoms with Crippen LogP contribution < -0.4 is 28.4 Å². The predicted octanol–water partition coefficient (Wildman–Crippen LogP) is 3.09. The Morgan fingerprint density at radius 3 is 2.15 bits per heavy atom. The molecule has 2 aromatic carbocycles. The summed E-state index contributed by atoms with van der Waals surface area (Å²) >= 11 is 0. The molecule has 1 heterocycles. The standard InChI is InChI=1S/C20H22O7/c1-22-11-8-15(24-3)17-16(9-11)27-10-13(18(17)21)12-6-7-14(23-2)20(26-5)19(12)25-4/h6-9,13H,10H2,1-5H3. The summed E-state index contributed by atoms with van der Waals surface area (Å²) in [4.78, 5) is 13.3. The van der Waals surface area contributed by atoms with Gasteiger partial charge in [-0.25, -0.2) is 0 Å². The van der Waals surface area contributed by atoms with Crippen molar-refractivity contribution in [1.29, 1.82) is 0 Å². The summed E-state index contributed by atoms with van der Waals surface area (Å²) in [5.74, 6) is 2.08. The van der Waals surface area contributed by atoms with Gasteiger partial charge in [0.15, 0.2) is 17.3 Å². The lowest BCUT2D eigenvalue weighted by Gasteiger charge is -2.27. The highest BCUT2D eigenvalue weighted by atomic mass is 16.5. The second-order valence-electron chi connectivity index (χ2n) is 5.85. The Morgan fingerprint density at radius 1 is 0.852 bits per heavy atom. The van der Waals surface area contributed by atoms with Gasteiger partial charge in [0, 0.05) is 17.7 Å². The number of ketones is 1. The van der Waals surface area contributed by atoms with Gasteiger partial charge in [0.25, 0.3) is 0 Å². The Hall–Kier alpha value is -3.09. The van der Waals surface area contributed by atoms with Crippen molar-refractivity contribution < 1.29 is 33.2 Å². The quantitative estimate of drug-likeness (QED) is 0.769. The highest BCUT2D eigenvalue weighted by Crippen LogP contribution is 2.47. The van der Waals surface area contributed by atoms with E-state index in [1.807, 2.05) is 0 Å². The van der Waals surface area contributed by atoms with E-state index < -0.39 is 5.92 Å². The Labute approximate surface area is 157 Å². The van der Waals surface area contributed by atoms with Crippen LogP contribution in [0.3, 0.4) is 0 Å². The lowest BCUT2D eigenvalue weighted by Crippen LogP contribution is -2.27. The highest BCUT2D eigenvalue weighted by Gasteiger charge is 2.36. The molecule has 0 saturated carbocycles. The number of hydrogen-bond donors (Lipinski definition) is 0. The summed E-state index contributed by atoms with van der Waals surface area (Å²) in [6, 6.07) is 6.87. The fourth-order valence-electron chi connectivity index (χ4n) is 3.25. The number of fused-ring (bicyclic) bond motifs is 1. The molecule has 7 heteroatoms. The number of carbonyl (C=O) groups is 1. The molecular formula is C20H22O7. The van der Waals surface area contributed by atoms with E-state index in [0.29, 0.717) is 45.6 Å². The molecule has 0 bridgehead atoms. The fourth-order valence-corrected chi connectivity index (χ4v) is 3.25. The van der Waals surface area contributed by atoms with Crippen molar-refractivity contribution in [2.75, 3.05) is 42.2 Å². The molecular weight excluding hydrogens is 352 g/mol. The van der Waals surface area contributed by atoms with Gasteiger partial charge in [0.05, 0.1) is 41.5 Å². The highest BCUT2D eigenvalue weighted by molar-refractivity contribution is 6.07. The largest absolute Gasteiger partial charge is 0.496 e. The normalized spacial score (nSPS) is 15.4. The first kappa shape index (κ1) is 18.7. The lowest BCUT2D eigenvalue weighted by atomic mass is 9.87. The van der Waals surface area contributed by atoms with Crippen LogP contribution in [0.15, 0.2) is 24.3 Å². The lowest BCUT2D eigenvalue weighted by molar-refractivity contribution is 0.0889. The van der Waals surface area contributed by atoms with Crippen molar-refractivity contribution in [3.8, 4) is 34.5 Å². The van der Waals surface area contributed by atoms with Gasteiger partial charge in [0.2, 0.25) is 5.75 Å². The molecule has 0 spiro atoms. The van der Waals surface area contributed by atoms with E-state index in [9.17, 15) is 4.79 Å². The predicted molar refractivity (Wildman–Crippen MR) is 98.2 cm³/mol. The summed E-state index contributed by atoms with van der Waals surface area (Å²) in [5.41, 5.74) is 1.04. The van der Waals surface area contributed by atoms with Crippen LogP contribution in [0.25, 0.3) is 0 Å². The molecule has 2 aromatic rings. The molecule has 0 radical (unpaired) electrons. The summed E-state index contributed by atoms with van der Waals surface area (Å²) in [5, 5.41) is 0. The Kier molecular flexibility index (Phi) is 5.30. The van der Waals surface area contributed by atoms with Gasteiger partial charge >= 0.3 is 0 Å². The first-order chi connectivity index (χ1) is 13.1. The molecule has 7 nitrogen and oxygen atoms in total. The minimum Gasteiger partial charge on any atom is -0.496 e. The number of rotatable bonds is 6. The number of carbonyl (C=O) groups excluding carboxylic acids is 1. The molecule has 0 amide bonds. The average molecular weight is 374 g/mol. The van der Waals surface area contributed by atoms with Crippen LogP contribution in [0.5, 0.6) is 34.5 Å². The summed E-state index contributed by atoms with van der Waals surface area (Å²) in [6.45, 7) is 0.161. The number of benzene rings is 2. The van der Waals surface area contributed by atoms with Gasteiger partial charge in [-0.2, -0.15) is 0 Å². The van der Waals surface area contributed by atoms with Crippen LogP contribution >= 0.6 is 0 Å². The zero-order valence-electron chi connectivity index (χ0n) is 16.0. The number of ether oxygens (including phenoxy) is 6. The maximum absolute atomic E-state index is 13.3. The molecule has 1 aliphatic heterocycles. The average Bonchev–Trinajstić information content (AvgIpc) is 2.71. The third kappa shape index (κ3) is 3.09. The zero-order valence-corrected chi connectivity index (χ0v) is 16.0. The molecule has 0 saturated heterocycles. The first-order valence-electron chi connectivity index (χ1n) is 8.31. The smallest absolute Gasteiger partial charge is 0.203 e. The third-order valence-electron chi connectivity index (χ3n) is 4.57. The van der Waals surface area contributed by atoms with Crippen LogP contribution in [0.1, 0.15) is 21.8 Å². The van der Waals surface area contributed by atoms with E-state index in [-0.39, 0.29) is 12.4 Å². The van der Waals surface area contributed by atoms with Crippen LogP contribution in [-0.2, 0) is 0 Å². The van der Waals surface area contributed by atoms with E-state index >= 15 is 0 Å². The van der Waals surface area contributed by atoms with Crippen LogP contribution in [0, 0.1) is 0 Å². The van der Waals surface area contributed by atoms with Crippen molar-refractivity contribution in [3.63, 3.8) is 0 Å². The van der Waals surface area contributed by atoms with Gasteiger partial charge in [-0.3, -0.25) is 4.79 Å². The van der Waals surface area contributed by atoms with Gasteiger partial charge in [-0.15, -0.1) is 0 Å². The van der Waals surface area contributed by atoms with Crippen LogP contribution in [0.4, 0.5) is 0 Å². The van der Waals surface area contributed by atoms with E-state index in [1.165, 1.54) is 21.3 Å². The van der Waals surface area contributed by atoms with Crippen LogP contribution in [-0.4, -0.2) is 47.9 Å². The number of methoxy groups -OCH3 is 5. The fraction of sp³-hybridized carbons (Fsp3) is 0.350. The van der Waals surface area contributed by atoms with E-state index in [1.54, 1.807) is 38.5 Å². The van der Waals surface area contributed by atoms with Gasteiger partial charge < -0.3 is 28.4 Å². The van der Waals surface area contributed by atoms with E-state index in [0.717, 1.165) is 0 Å². The van der Waals surface area contributed by atoms with E-state index in [4.69, 9.17) is 28.4 Å². The Bertz CT molecular complexity index is 843. The van der Waals surface area contributed by atoms with Crippen molar-refractivity contribution in [2.24, 2.45) is 0 Å². The molecule has 3 rings (SSSR count). The summed E-state index contributed by atoms with van der Waals surface area (Å²) in [6.07, 6.45) is 0. The van der Waals surface area contributed by atoms with Gasteiger partial charge in [-0.1, -0.05) is 6.07 Å².